The van der Waals surface area contributed by atoms with Gasteiger partial charge in [-0.2, -0.15) is 0 Å². The van der Waals surface area contributed by atoms with Gasteiger partial charge in [-0.15, -0.1) is 11.3 Å². The highest BCUT2D eigenvalue weighted by molar-refractivity contribution is 7.93. The van der Waals surface area contributed by atoms with E-state index < -0.39 is 10.0 Å². The number of thiophene rings is 1. The summed E-state index contributed by atoms with van der Waals surface area (Å²) in [5.41, 5.74) is 2.63. The molecule has 7 heteroatoms. The van der Waals surface area contributed by atoms with Crippen LogP contribution in [0.1, 0.15) is 20.8 Å². The molecule has 0 bridgehead atoms. The number of hydrogen-bond donors (Lipinski definition) is 1. The molecule has 0 aliphatic heterocycles. The molecule has 28 heavy (non-hydrogen) atoms. The van der Waals surface area contributed by atoms with Crippen LogP contribution in [0.2, 0.25) is 0 Å². The molecule has 1 amide bonds. The van der Waals surface area contributed by atoms with E-state index in [0.29, 0.717) is 18.7 Å². The molecule has 0 unspecified atom stereocenters. The number of amides is 1. The van der Waals surface area contributed by atoms with Gasteiger partial charge in [0.1, 0.15) is 9.77 Å². The van der Waals surface area contributed by atoms with E-state index in [2.05, 4.69) is 4.72 Å². The van der Waals surface area contributed by atoms with E-state index in [4.69, 9.17) is 0 Å². The van der Waals surface area contributed by atoms with Crippen LogP contribution in [0.4, 0.5) is 5.69 Å². The molecular formula is C21H22N2O3S2. The zero-order valence-corrected chi connectivity index (χ0v) is 17.4. The van der Waals surface area contributed by atoms with Gasteiger partial charge in [0, 0.05) is 19.3 Å². The fourth-order valence-electron chi connectivity index (χ4n) is 2.71. The van der Waals surface area contributed by atoms with Gasteiger partial charge in [-0.3, -0.25) is 9.52 Å². The van der Waals surface area contributed by atoms with Crippen molar-refractivity contribution in [3.8, 4) is 0 Å². The smallest absolute Gasteiger partial charge is 0.265 e. The SMILES string of the molecule is Cc1ccc(NS(=O)(=O)c2ccsc2C(=O)N(C)CCc2ccccc2)cc1. The van der Waals surface area contributed by atoms with Crippen molar-refractivity contribution in [3.05, 3.63) is 82.0 Å². The van der Waals surface area contributed by atoms with Gasteiger partial charge in [-0.25, -0.2) is 8.42 Å². The van der Waals surface area contributed by atoms with E-state index in [-0.39, 0.29) is 15.7 Å². The van der Waals surface area contributed by atoms with Crippen LogP contribution in [0.5, 0.6) is 0 Å². The number of anilines is 1. The predicted molar refractivity (Wildman–Crippen MR) is 113 cm³/mol. The van der Waals surface area contributed by atoms with Crippen LogP contribution >= 0.6 is 11.3 Å². The maximum absolute atomic E-state index is 12.8. The lowest BCUT2D eigenvalue weighted by Crippen LogP contribution is -2.29. The minimum atomic E-state index is -3.85. The number of hydrogen-bond acceptors (Lipinski definition) is 4. The Morgan fingerprint density at radius 3 is 2.39 bits per heavy atom. The summed E-state index contributed by atoms with van der Waals surface area (Å²) >= 11 is 1.14. The van der Waals surface area contributed by atoms with Crippen LogP contribution in [0.3, 0.4) is 0 Å². The van der Waals surface area contributed by atoms with Crippen molar-refractivity contribution in [1.82, 2.24) is 4.90 Å². The second-order valence-electron chi connectivity index (χ2n) is 6.55. The average Bonchev–Trinajstić information content (AvgIpc) is 3.19. The highest BCUT2D eigenvalue weighted by Gasteiger charge is 2.26. The largest absolute Gasteiger partial charge is 0.341 e. The first-order valence-electron chi connectivity index (χ1n) is 8.83. The molecule has 146 valence electrons. The summed E-state index contributed by atoms with van der Waals surface area (Å²) in [5.74, 6) is -0.296. The first-order chi connectivity index (χ1) is 13.4. The average molecular weight is 415 g/mol. The fourth-order valence-corrected chi connectivity index (χ4v) is 5.19. The molecule has 3 aromatic rings. The molecule has 2 aromatic carbocycles. The molecule has 0 fully saturated rings. The molecule has 0 radical (unpaired) electrons. The molecule has 5 nitrogen and oxygen atoms in total. The van der Waals surface area contributed by atoms with E-state index >= 15 is 0 Å². The van der Waals surface area contributed by atoms with Crippen molar-refractivity contribution < 1.29 is 13.2 Å². The maximum Gasteiger partial charge on any atom is 0.265 e. The molecule has 0 aliphatic rings. The second-order valence-corrected chi connectivity index (χ2v) is 9.11. The monoisotopic (exact) mass is 414 g/mol. The van der Waals surface area contributed by atoms with Crippen molar-refractivity contribution >= 4 is 33.0 Å². The molecule has 0 spiro atoms. The molecule has 0 atom stereocenters. The maximum atomic E-state index is 12.8. The lowest BCUT2D eigenvalue weighted by atomic mass is 10.1. The number of carbonyl (C=O) groups is 1. The van der Waals surface area contributed by atoms with Gasteiger partial charge in [0.25, 0.3) is 15.9 Å². The third kappa shape index (κ3) is 4.79. The van der Waals surface area contributed by atoms with Gasteiger partial charge in [0.2, 0.25) is 0 Å². The zero-order chi connectivity index (χ0) is 20.1. The minimum absolute atomic E-state index is 0.00892. The Morgan fingerprint density at radius 1 is 1.04 bits per heavy atom. The number of nitrogens with zero attached hydrogens (tertiary/aromatic N) is 1. The Morgan fingerprint density at radius 2 is 1.71 bits per heavy atom. The third-order valence-corrected chi connectivity index (χ3v) is 6.80. The van der Waals surface area contributed by atoms with Gasteiger partial charge >= 0.3 is 0 Å². The quantitative estimate of drug-likeness (QED) is 0.631. The van der Waals surface area contributed by atoms with Gasteiger partial charge in [-0.1, -0.05) is 48.0 Å². The first kappa shape index (κ1) is 20.1. The van der Waals surface area contributed by atoms with E-state index in [1.807, 2.05) is 49.4 Å². The molecule has 1 heterocycles. The van der Waals surface area contributed by atoms with Crippen molar-refractivity contribution in [2.24, 2.45) is 0 Å². The Kier molecular flexibility index (Phi) is 6.16. The minimum Gasteiger partial charge on any atom is -0.341 e. The summed E-state index contributed by atoms with van der Waals surface area (Å²) in [6.07, 6.45) is 0.707. The van der Waals surface area contributed by atoms with Crippen LogP contribution < -0.4 is 4.72 Å². The van der Waals surface area contributed by atoms with E-state index in [1.165, 1.54) is 6.07 Å². The molecule has 3 rings (SSSR count). The van der Waals surface area contributed by atoms with Gasteiger partial charge in [-0.05, 0) is 42.5 Å². The van der Waals surface area contributed by atoms with E-state index in [0.717, 1.165) is 22.5 Å². The highest BCUT2D eigenvalue weighted by atomic mass is 32.2. The summed E-state index contributed by atoms with van der Waals surface area (Å²) in [6.45, 7) is 2.44. The lowest BCUT2D eigenvalue weighted by molar-refractivity contribution is 0.0798. The van der Waals surface area contributed by atoms with Gasteiger partial charge in [0.05, 0.1) is 0 Å². The molecule has 0 saturated heterocycles. The van der Waals surface area contributed by atoms with E-state index in [9.17, 15) is 13.2 Å². The third-order valence-electron chi connectivity index (χ3n) is 4.34. The predicted octanol–water partition coefficient (Wildman–Crippen LogP) is 4.17. The summed E-state index contributed by atoms with van der Waals surface area (Å²) in [5, 5.41) is 1.63. The Bertz CT molecular complexity index is 1040. The summed E-state index contributed by atoms with van der Waals surface area (Å²) < 4.78 is 28.1. The summed E-state index contributed by atoms with van der Waals surface area (Å²) in [6, 6.07) is 18.4. The molecule has 0 aliphatic carbocycles. The summed E-state index contributed by atoms with van der Waals surface area (Å²) in [4.78, 5) is 14.6. The number of benzene rings is 2. The molecule has 1 aromatic heterocycles. The Balaban J connectivity index is 1.74. The number of aryl methyl sites for hydroxylation is 1. The standard InChI is InChI=1S/C21H22N2O3S2/c1-16-8-10-18(11-9-16)22-28(25,26)19-13-15-27-20(19)21(24)23(2)14-12-17-6-4-3-5-7-17/h3-11,13,15,22H,12,14H2,1-2H3. The fraction of sp³-hybridized carbons (Fsp3) is 0.190. The van der Waals surface area contributed by atoms with Crippen LogP contribution in [0.15, 0.2) is 70.9 Å². The van der Waals surface area contributed by atoms with E-state index in [1.54, 1.807) is 29.5 Å². The number of nitrogens with one attached hydrogen (secondary N) is 1. The topological polar surface area (TPSA) is 66.5 Å². The van der Waals surface area contributed by atoms with Crippen molar-refractivity contribution in [2.75, 3.05) is 18.3 Å². The Labute approximate surface area is 169 Å². The number of rotatable bonds is 7. The highest BCUT2D eigenvalue weighted by Crippen LogP contribution is 2.26. The van der Waals surface area contributed by atoms with Crippen LogP contribution in [0, 0.1) is 6.92 Å². The second kappa shape index (κ2) is 8.58. The summed E-state index contributed by atoms with van der Waals surface area (Å²) in [7, 11) is -2.16. The Hall–Kier alpha value is -2.64. The normalized spacial score (nSPS) is 11.2. The van der Waals surface area contributed by atoms with Crippen molar-refractivity contribution in [2.45, 2.75) is 18.2 Å². The van der Waals surface area contributed by atoms with Gasteiger partial charge in [0.15, 0.2) is 0 Å². The number of likely N-dealkylation sites (N-methyl/N-ethyl adjacent to an activating group) is 1. The number of carbonyl (C=O) groups excluding carboxylic acids is 1. The molecule has 1 N–H and O–H groups in total. The van der Waals surface area contributed by atoms with Crippen LogP contribution in [-0.2, 0) is 16.4 Å². The van der Waals surface area contributed by atoms with Crippen LogP contribution in [-0.4, -0.2) is 32.8 Å². The number of sulfonamides is 1. The van der Waals surface area contributed by atoms with Crippen molar-refractivity contribution in [1.29, 1.82) is 0 Å². The van der Waals surface area contributed by atoms with Gasteiger partial charge < -0.3 is 4.90 Å². The van der Waals surface area contributed by atoms with Crippen molar-refractivity contribution in [3.63, 3.8) is 0 Å². The van der Waals surface area contributed by atoms with Crippen LogP contribution in [0.25, 0.3) is 0 Å². The zero-order valence-electron chi connectivity index (χ0n) is 15.8. The molecular weight excluding hydrogens is 392 g/mol. The molecule has 0 saturated carbocycles. The first-order valence-corrected chi connectivity index (χ1v) is 11.2. The lowest BCUT2D eigenvalue weighted by Gasteiger charge is -2.17.